The van der Waals surface area contributed by atoms with Gasteiger partial charge in [-0.3, -0.25) is 14.7 Å². The topological polar surface area (TPSA) is 48.5 Å². The fourth-order valence-corrected chi connectivity index (χ4v) is 5.44. The Bertz CT molecular complexity index is 1350. The van der Waals surface area contributed by atoms with Gasteiger partial charge in [-0.2, -0.15) is 0 Å². The first-order valence-corrected chi connectivity index (χ1v) is 12.9. The number of aromatic nitrogens is 1. The predicted octanol–water partition coefficient (Wildman–Crippen LogP) is 6.27. The second-order valence-corrected chi connectivity index (χ2v) is 10.0. The van der Waals surface area contributed by atoms with Gasteiger partial charge in [0.15, 0.2) is 0 Å². The lowest BCUT2D eigenvalue weighted by molar-refractivity contribution is 0.0628. The number of anilines is 1. The van der Waals surface area contributed by atoms with Crippen molar-refractivity contribution < 1.29 is 4.79 Å². The maximum Gasteiger partial charge on any atom is 0.253 e. The van der Waals surface area contributed by atoms with Crippen molar-refractivity contribution in [2.75, 3.05) is 30.9 Å². The highest BCUT2D eigenvalue weighted by Crippen LogP contribution is 2.29. The molecule has 0 aliphatic carbocycles. The zero-order chi connectivity index (χ0) is 24.2. The van der Waals surface area contributed by atoms with E-state index in [4.69, 9.17) is 11.6 Å². The molecule has 0 spiro atoms. The molecule has 1 fully saturated rings. The highest BCUT2D eigenvalue weighted by Gasteiger charge is 2.22. The van der Waals surface area contributed by atoms with E-state index in [1.807, 2.05) is 66.6 Å². The van der Waals surface area contributed by atoms with Crippen LogP contribution in [0.15, 0.2) is 83.9 Å². The fourth-order valence-electron chi connectivity index (χ4n) is 4.36. The van der Waals surface area contributed by atoms with E-state index >= 15 is 0 Å². The Kier molecular flexibility index (Phi) is 7.23. The molecule has 1 N–H and O–H groups in total. The molecule has 5 rings (SSSR count). The first kappa shape index (κ1) is 23.7. The maximum absolute atomic E-state index is 13.2. The smallest absolute Gasteiger partial charge is 0.253 e. The molecular formula is C28H27ClN4OS. The van der Waals surface area contributed by atoms with Crippen LogP contribution in [-0.4, -0.2) is 46.9 Å². The summed E-state index contributed by atoms with van der Waals surface area (Å²) in [7, 11) is 0. The van der Waals surface area contributed by atoms with Gasteiger partial charge in [0.2, 0.25) is 0 Å². The van der Waals surface area contributed by atoms with Crippen molar-refractivity contribution in [3.8, 4) is 0 Å². The van der Waals surface area contributed by atoms with Crippen LogP contribution in [0.4, 0.5) is 5.69 Å². The van der Waals surface area contributed by atoms with Crippen molar-refractivity contribution >= 4 is 46.0 Å². The van der Waals surface area contributed by atoms with Gasteiger partial charge in [0.05, 0.1) is 10.4 Å². The minimum absolute atomic E-state index is 0.0907. The Morgan fingerprint density at radius 3 is 2.60 bits per heavy atom. The molecule has 1 aliphatic heterocycles. The number of carbonyl (C=O) groups excluding carboxylic acids is 1. The lowest BCUT2D eigenvalue weighted by atomic mass is 10.1. The number of carbonyl (C=O) groups is 1. The number of fused-ring (bicyclic) bond motifs is 1. The van der Waals surface area contributed by atoms with Crippen LogP contribution < -0.4 is 4.72 Å². The normalized spacial score (nSPS) is 14.3. The summed E-state index contributed by atoms with van der Waals surface area (Å²) >= 11 is 7.65. The van der Waals surface area contributed by atoms with Crippen LogP contribution in [0.5, 0.6) is 0 Å². The van der Waals surface area contributed by atoms with Crippen LogP contribution in [0.1, 0.15) is 21.5 Å². The second kappa shape index (κ2) is 10.7. The summed E-state index contributed by atoms with van der Waals surface area (Å²) in [5, 5.41) is 1.88. The Morgan fingerprint density at radius 1 is 1.00 bits per heavy atom. The van der Waals surface area contributed by atoms with Gasteiger partial charge in [0.25, 0.3) is 5.91 Å². The van der Waals surface area contributed by atoms with Crippen LogP contribution in [0.3, 0.4) is 0 Å². The Labute approximate surface area is 215 Å². The largest absolute Gasteiger partial charge is 0.336 e. The molecular weight excluding hydrogens is 476 g/mol. The second-order valence-electron chi connectivity index (χ2n) is 8.76. The molecule has 1 aliphatic rings. The molecule has 1 amide bonds. The lowest BCUT2D eigenvalue weighted by Crippen LogP contribution is -2.48. The van der Waals surface area contributed by atoms with Crippen LogP contribution in [-0.2, 0) is 6.54 Å². The average Bonchev–Trinajstić information content (AvgIpc) is 2.88. The van der Waals surface area contributed by atoms with E-state index < -0.39 is 0 Å². The molecule has 5 nitrogen and oxygen atoms in total. The molecule has 35 heavy (non-hydrogen) atoms. The molecule has 0 bridgehead atoms. The molecule has 1 aromatic heterocycles. The molecule has 178 valence electrons. The summed E-state index contributed by atoms with van der Waals surface area (Å²) in [5.74, 6) is 0.0907. The summed E-state index contributed by atoms with van der Waals surface area (Å²) < 4.78 is 3.44. The van der Waals surface area contributed by atoms with E-state index in [1.54, 1.807) is 0 Å². The zero-order valence-electron chi connectivity index (χ0n) is 19.6. The Balaban J connectivity index is 1.19. The van der Waals surface area contributed by atoms with Gasteiger partial charge in [0.1, 0.15) is 0 Å². The van der Waals surface area contributed by atoms with Crippen LogP contribution in [0.25, 0.3) is 10.9 Å². The minimum atomic E-state index is 0.0907. The Morgan fingerprint density at radius 2 is 1.80 bits per heavy atom. The van der Waals surface area contributed by atoms with Crippen LogP contribution in [0, 0.1) is 6.92 Å². The molecule has 4 aromatic rings. The Hall–Kier alpha value is -3.06. The van der Waals surface area contributed by atoms with E-state index in [0.717, 1.165) is 70.4 Å². The number of hydrogen-bond donors (Lipinski definition) is 1. The van der Waals surface area contributed by atoms with E-state index in [2.05, 4.69) is 38.9 Å². The minimum Gasteiger partial charge on any atom is -0.336 e. The monoisotopic (exact) mass is 502 g/mol. The molecule has 0 radical (unpaired) electrons. The number of para-hydroxylation sites is 1. The standard InChI is InChI=1S/C28H27ClN4OS/c1-20-17-23(10-11-25(20)31-35-26-9-3-6-22-7-4-12-30-27(22)26)28(34)33-15-13-32(14-16-33)19-21-5-2-8-24(29)18-21/h2-12,17-18,31H,13-16,19H2,1H3. The number of hydrogen-bond acceptors (Lipinski definition) is 5. The summed E-state index contributed by atoms with van der Waals surface area (Å²) in [5.41, 5.74) is 4.94. The average molecular weight is 503 g/mol. The van der Waals surface area contributed by atoms with Crippen molar-refractivity contribution in [1.82, 2.24) is 14.8 Å². The summed E-state index contributed by atoms with van der Waals surface area (Å²) in [4.78, 5) is 23.1. The quantitative estimate of drug-likeness (QED) is 0.315. The number of amides is 1. The van der Waals surface area contributed by atoms with E-state index in [-0.39, 0.29) is 5.91 Å². The van der Waals surface area contributed by atoms with Gasteiger partial charge < -0.3 is 9.62 Å². The van der Waals surface area contributed by atoms with Gasteiger partial charge in [-0.15, -0.1) is 0 Å². The first-order chi connectivity index (χ1) is 17.1. The number of nitrogens with one attached hydrogen (secondary N) is 1. The van der Waals surface area contributed by atoms with E-state index in [1.165, 1.54) is 17.5 Å². The summed E-state index contributed by atoms with van der Waals surface area (Å²) in [6.45, 7) is 6.04. The van der Waals surface area contributed by atoms with Crippen LogP contribution in [0.2, 0.25) is 5.02 Å². The third-order valence-corrected chi connectivity index (χ3v) is 7.40. The van der Waals surface area contributed by atoms with Gasteiger partial charge in [0, 0.05) is 60.6 Å². The first-order valence-electron chi connectivity index (χ1n) is 11.7. The number of halogens is 1. The number of nitrogens with zero attached hydrogens (tertiary/aromatic N) is 3. The number of rotatable bonds is 6. The number of benzene rings is 3. The van der Waals surface area contributed by atoms with Gasteiger partial charge in [-0.05, 0) is 72.5 Å². The maximum atomic E-state index is 13.2. The molecule has 1 saturated heterocycles. The van der Waals surface area contributed by atoms with E-state index in [9.17, 15) is 4.79 Å². The molecule has 0 unspecified atom stereocenters. The molecule has 7 heteroatoms. The highest BCUT2D eigenvalue weighted by atomic mass is 35.5. The van der Waals surface area contributed by atoms with Crippen molar-refractivity contribution in [2.45, 2.75) is 18.4 Å². The van der Waals surface area contributed by atoms with Crippen molar-refractivity contribution in [2.24, 2.45) is 0 Å². The highest BCUT2D eigenvalue weighted by molar-refractivity contribution is 8.00. The van der Waals surface area contributed by atoms with Crippen LogP contribution >= 0.6 is 23.5 Å². The number of pyridine rings is 1. The third kappa shape index (κ3) is 5.61. The van der Waals surface area contributed by atoms with Gasteiger partial charge >= 0.3 is 0 Å². The molecule has 3 aromatic carbocycles. The third-order valence-electron chi connectivity index (χ3n) is 6.29. The summed E-state index contributed by atoms with van der Waals surface area (Å²) in [6.07, 6.45) is 1.81. The van der Waals surface area contributed by atoms with Crippen molar-refractivity contribution in [3.05, 3.63) is 101 Å². The number of piperazine rings is 1. The van der Waals surface area contributed by atoms with Gasteiger partial charge in [-0.25, -0.2) is 0 Å². The summed E-state index contributed by atoms with van der Waals surface area (Å²) in [6, 6.07) is 24.0. The molecule has 2 heterocycles. The van der Waals surface area contributed by atoms with Crippen molar-refractivity contribution in [3.63, 3.8) is 0 Å². The fraction of sp³-hybridized carbons (Fsp3) is 0.214. The zero-order valence-corrected chi connectivity index (χ0v) is 21.1. The number of aryl methyl sites for hydroxylation is 1. The van der Waals surface area contributed by atoms with E-state index in [0.29, 0.717) is 0 Å². The molecule has 0 atom stereocenters. The SMILES string of the molecule is Cc1cc(C(=O)N2CCN(Cc3cccc(Cl)c3)CC2)ccc1NSc1cccc2cccnc12. The predicted molar refractivity (Wildman–Crippen MR) is 145 cm³/mol. The molecule has 0 saturated carbocycles. The van der Waals surface area contributed by atoms with Crippen molar-refractivity contribution in [1.29, 1.82) is 0 Å². The van der Waals surface area contributed by atoms with Gasteiger partial charge in [-0.1, -0.05) is 41.9 Å². The lowest BCUT2D eigenvalue weighted by Gasteiger charge is -2.35.